The maximum Gasteiger partial charge on any atom is 0.0815 e. The van der Waals surface area contributed by atoms with Gasteiger partial charge in [-0.15, -0.1) is 0 Å². The molecule has 1 rings (SSSR count). The quantitative estimate of drug-likeness (QED) is 0.569. The zero-order chi connectivity index (χ0) is 9.03. The lowest BCUT2D eigenvalue weighted by Gasteiger charge is -2.27. The van der Waals surface area contributed by atoms with Crippen molar-refractivity contribution < 1.29 is 4.48 Å². The van der Waals surface area contributed by atoms with Gasteiger partial charge in [0.1, 0.15) is 0 Å². The van der Waals surface area contributed by atoms with E-state index in [2.05, 4.69) is 20.9 Å². The van der Waals surface area contributed by atoms with Gasteiger partial charge in [0, 0.05) is 12.3 Å². The van der Waals surface area contributed by atoms with Crippen LogP contribution >= 0.6 is 0 Å². The van der Waals surface area contributed by atoms with Gasteiger partial charge in [-0.05, 0) is 13.3 Å². The highest BCUT2D eigenvalue weighted by molar-refractivity contribution is 4.65. The molecule has 0 saturated carbocycles. The van der Waals surface area contributed by atoms with E-state index in [0.717, 1.165) is 5.92 Å². The summed E-state index contributed by atoms with van der Waals surface area (Å²) in [5, 5.41) is 0. The Morgan fingerprint density at radius 2 is 2.08 bits per heavy atom. The first kappa shape index (κ1) is 10.0. The van der Waals surface area contributed by atoms with Crippen LogP contribution in [0.4, 0.5) is 0 Å². The minimum absolute atomic E-state index is 1.04. The van der Waals surface area contributed by atoms with E-state index in [1.54, 1.807) is 0 Å². The van der Waals surface area contributed by atoms with Crippen LogP contribution in [0, 0.1) is 5.92 Å². The summed E-state index contributed by atoms with van der Waals surface area (Å²) >= 11 is 0. The first-order valence-corrected chi connectivity index (χ1v) is 5.53. The third kappa shape index (κ3) is 2.48. The molecule has 2 unspecified atom stereocenters. The van der Waals surface area contributed by atoms with Gasteiger partial charge in [-0.1, -0.05) is 19.8 Å². The van der Waals surface area contributed by atoms with Crippen molar-refractivity contribution in [2.75, 3.05) is 26.7 Å². The molecule has 2 atom stereocenters. The Kier molecular flexibility index (Phi) is 3.57. The minimum Gasteiger partial charge on any atom is -0.326 e. The van der Waals surface area contributed by atoms with Crippen LogP contribution in [0.3, 0.4) is 0 Å². The van der Waals surface area contributed by atoms with Crippen LogP contribution < -0.4 is 0 Å². The van der Waals surface area contributed by atoms with Gasteiger partial charge in [-0.25, -0.2) is 0 Å². The molecule has 1 saturated heterocycles. The fourth-order valence-electron chi connectivity index (χ4n) is 2.32. The molecule has 1 heterocycles. The second kappa shape index (κ2) is 4.27. The Labute approximate surface area is 77.4 Å². The van der Waals surface area contributed by atoms with Gasteiger partial charge in [0.05, 0.1) is 26.7 Å². The zero-order valence-electron chi connectivity index (χ0n) is 8.97. The van der Waals surface area contributed by atoms with Crippen molar-refractivity contribution in [1.82, 2.24) is 0 Å². The van der Waals surface area contributed by atoms with E-state index in [-0.39, 0.29) is 0 Å². The molecule has 0 aromatic carbocycles. The molecule has 1 fully saturated rings. The number of unbranched alkanes of at least 4 members (excludes halogenated alkanes) is 1. The van der Waals surface area contributed by atoms with Crippen LogP contribution in [0.2, 0.25) is 0 Å². The molecule has 0 bridgehead atoms. The molecule has 0 aliphatic carbocycles. The van der Waals surface area contributed by atoms with Crippen molar-refractivity contribution in [2.24, 2.45) is 5.92 Å². The van der Waals surface area contributed by atoms with E-state index in [4.69, 9.17) is 0 Å². The van der Waals surface area contributed by atoms with Gasteiger partial charge in [-0.3, -0.25) is 0 Å². The lowest BCUT2D eigenvalue weighted by Crippen LogP contribution is -2.41. The first-order chi connectivity index (χ1) is 5.70. The van der Waals surface area contributed by atoms with Gasteiger partial charge < -0.3 is 4.48 Å². The van der Waals surface area contributed by atoms with Crippen LogP contribution in [0.5, 0.6) is 0 Å². The summed E-state index contributed by atoms with van der Waals surface area (Å²) < 4.78 is 1.33. The standard InChI is InChI=1S/C11H24N/c1-4-6-7-11-8-9-12(3,5-2)10-11/h11H,4-10H2,1-3H3/q+1. The molecule has 12 heavy (non-hydrogen) atoms. The second-order valence-corrected chi connectivity index (χ2v) is 4.64. The summed E-state index contributed by atoms with van der Waals surface area (Å²) in [5.74, 6) is 1.04. The van der Waals surface area contributed by atoms with Crippen molar-refractivity contribution in [3.63, 3.8) is 0 Å². The molecule has 1 heteroatoms. The molecule has 1 nitrogen and oxygen atoms in total. The van der Waals surface area contributed by atoms with Crippen LogP contribution in [0.1, 0.15) is 39.5 Å². The van der Waals surface area contributed by atoms with Crippen molar-refractivity contribution >= 4 is 0 Å². The zero-order valence-corrected chi connectivity index (χ0v) is 8.97. The van der Waals surface area contributed by atoms with E-state index in [1.165, 1.54) is 49.8 Å². The number of hydrogen-bond acceptors (Lipinski definition) is 0. The van der Waals surface area contributed by atoms with Crippen molar-refractivity contribution in [3.8, 4) is 0 Å². The summed E-state index contributed by atoms with van der Waals surface area (Å²) in [6.07, 6.45) is 5.76. The van der Waals surface area contributed by atoms with Crippen LogP contribution in [-0.4, -0.2) is 31.2 Å². The van der Waals surface area contributed by atoms with E-state index in [1.807, 2.05) is 0 Å². The number of likely N-dealkylation sites (tertiary alicyclic amines) is 1. The minimum atomic E-state index is 1.04. The maximum atomic E-state index is 2.41. The predicted molar refractivity (Wildman–Crippen MR) is 54.1 cm³/mol. The highest BCUT2D eigenvalue weighted by Crippen LogP contribution is 2.25. The normalized spacial score (nSPS) is 35.8. The topological polar surface area (TPSA) is 0 Å². The second-order valence-electron chi connectivity index (χ2n) is 4.64. The maximum absolute atomic E-state index is 2.41. The number of rotatable bonds is 4. The molecule has 1 aliphatic rings. The van der Waals surface area contributed by atoms with Crippen LogP contribution in [0.15, 0.2) is 0 Å². The molecule has 1 aliphatic heterocycles. The fourth-order valence-corrected chi connectivity index (χ4v) is 2.32. The average Bonchev–Trinajstić information content (AvgIpc) is 2.45. The van der Waals surface area contributed by atoms with E-state index in [9.17, 15) is 0 Å². The molecular formula is C11H24N+. The monoisotopic (exact) mass is 170 g/mol. The van der Waals surface area contributed by atoms with E-state index >= 15 is 0 Å². The van der Waals surface area contributed by atoms with Crippen LogP contribution in [-0.2, 0) is 0 Å². The average molecular weight is 170 g/mol. The number of nitrogens with zero attached hydrogens (tertiary/aromatic N) is 1. The molecule has 0 N–H and O–H groups in total. The van der Waals surface area contributed by atoms with Gasteiger partial charge in [0.25, 0.3) is 0 Å². The molecule has 0 aromatic rings. The summed E-state index contributed by atoms with van der Waals surface area (Å²) in [4.78, 5) is 0. The molecule has 0 aromatic heterocycles. The summed E-state index contributed by atoms with van der Waals surface area (Å²) in [6.45, 7) is 8.80. The third-order valence-corrected chi connectivity index (χ3v) is 3.51. The van der Waals surface area contributed by atoms with Gasteiger partial charge >= 0.3 is 0 Å². The summed E-state index contributed by atoms with van der Waals surface area (Å²) in [7, 11) is 2.41. The van der Waals surface area contributed by atoms with Crippen molar-refractivity contribution in [3.05, 3.63) is 0 Å². The lowest BCUT2D eigenvalue weighted by atomic mass is 10.0. The Balaban J connectivity index is 2.25. The SMILES string of the molecule is CCCCC1CC[N+](C)(CC)C1. The van der Waals surface area contributed by atoms with Gasteiger partial charge in [0.2, 0.25) is 0 Å². The van der Waals surface area contributed by atoms with Crippen molar-refractivity contribution in [1.29, 1.82) is 0 Å². The fraction of sp³-hybridized carbons (Fsp3) is 1.00. The predicted octanol–water partition coefficient (Wildman–Crippen LogP) is 2.66. The summed E-state index contributed by atoms with van der Waals surface area (Å²) in [5.41, 5.74) is 0. The molecule has 0 radical (unpaired) electrons. The largest absolute Gasteiger partial charge is 0.326 e. The Morgan fingerprint density at radius 1 is 1.33 bits per heavy atom. The summed E-state index contributed by atoms with van der Waals surface area (Å²) in [6, 6.07) is 0. The number of quaternary nitrogens is 1. The Morgan fingerprint density at radius 3 is 2.58 bits per heavy atom. The highest BCUT2D eigenvalue weighted by Gasteiger charge is 2.32. The molecular weight excluding hydrogens is 146 g/mol. The van der Waals surface area contributed by atoms with Crippen molar-refractivity contribution in [2.45, 2.75) is 39.5 Å². The Bertz CT molecular complexity index is 131. The van der Waals surface area contributed by atoms with Gasteiger partial charge in [0.15, 0.2) is 0 Å². The Hall–Kier alpha value is -0.0400. The third-order valence-electron chi connectivity index (χ3n) is 3.51. The molecule has 0 amide bonds. The smallest absolute Gasteiger partial charge is 0.0815 e. The van der Waals surface area contributed by atoms with Gasteiger partial charge in [-0.2, -0.15) is 0 Å². The highest BCUT2D eigenvalue weighted by atomic mass is 15.3. The first-order valence-electron chi connectivity index (χ1n) is 5.53. The number of hydrogen-bond donors (Lipinski definition) is 0. The van der Waals surface area contributed by atoms with E-state index in [0.29, 0.717) is 0 Å². The molecule has 0 spiro atoms. The lowest BCUT2D eigenvalue weighted by molar-refractivity contribution is -0.897. The van der Waals surface area contributed by atoms with Crippen LogP contribution in [0.25, 0.3) is 0 Å². The molecule has 72 valence electrons. The van der Waals surface area contributed by atoms with E-state index < -0.39 is 0 Å².